The van der Waals surface area contributed by atoms with E-state index in [-0.39, 0.29) is 17.1 Å². The summed E-state index contributed by atoms with van der Waals surface area (Å²) in [4.78, 5) is 11.5. The zero-order chi connectivity index (χ0) is 19.6. The Hall–Kier alpha value is -2.42. The lowest BCUT2D eigenvalue weighted by Crippen LogP contribution is -2.01. The van der Waals surface area contributed by atoms with Gasteiger partial charge in [0.2, 0.25) is 0 Å². The average molecular weight is 426 g/mol. The van der Waals surface area contributed by atoms with Gasteiger partial charge >= 0.3 is 5.97 Å². The average Bonchev–Trinajstić information content (AvgIpc) is 3.02. The minimum absolute atomic E-state index is 0.0658. The first-order valence-corrected chi connectivity index (χ1v) is 9.52. The number of benzene rings is 2. The topological polar surface area (TPSA) is 78.8 Å². The second kappa shape index (κ2) is 8.08. The third-order valence-electron chi connectivity index (χ3n) is 3.59. The Morgan fingerprint density at radius 1 is 1.15 bits per heavy atom. The van der Waals surface area contributed by atoms with Crippen LogP contribution in [0.2, 0.25) is 4.34 Å². The molecule has 0 saturated heterocycles. The SMILES string of the molecule is COC(=O)c1ccc(NSc2cc(-c3cc(F)ccc3O)c(Cl)s2)cc1O. The summed E-state index contributed by atoms with van der Waals surface area (Å²) in [5.74, 6) is -1.37. The van der Waals surface area contributed by atoms with Gasteiger partial charge < -0.3 is 19.7 Å². The Morgan fingerprint density at radius 2 is 1.93 bits per heavy atom. The minimum Gasteiger partial charge on any atom is -0.507 e. The van der Waals surface area contributed by atoms with E-state index < -0.39 is 11.8 Å². The highest BCUT2D eigenvalue weighted by Crippen LogP contribution is 2.43. The molecule has 0 atom stereocenters. The molecule has 0 aliphatic heterocycles. The van der Waals surface area contributed by atoms with Crippen molar-refractivity contribution in [3.63, 3.8) is 0 Å². The van der Waals surface area contributed by atoms with Crippen LogP contribution in [0.3, 0.4) is 0 Å². The van der Waals surface area contributed by atoms with Crippen LogP contribution in [-0.4, -0.2) is 23.3 Å². The summed E-state index contributed by atoms with van der Waals surface area (Å²) >= 11 is 8.71. The van der Waals surface area contributed by atoms with Crippen molar-refractivity contribution >= 4 is 46.5 Å². The molecule has 0 fully saturated rings. The van der Waals surface area contributed by atoms with Gasteiger partial charge in [0.25, 0.3) is 0 Å². The highest BCUT2D eigenvalue weighted by Gasteiger charge is 2.15. The van der Waals surface area contributed by atoms with E-state index in [1.165, 1.54) is 60.7 Å². The zero-order valence-corrected chi connectivity index (χ0v) is 16.2. The van der Waals surface area contributed by atoms with Crippen molar-refractivity contribution in [1.29, 1.82) is 0 Å². The fourth-order valence-corrected chi connectivity index (χ4v) is 4.53. The highest BCUT2D eigenvalue weighted by molar-refractivity contribution is 8.02. The van der Waals surface area contributed by atoms with Crippen LogP contribution < -0.4 is 4.72 Å². The normalized spacial score (nSPS) is 10.6. The summed E-state index contributed by atoms with van der Waals surface area (Å²) in [5, 5.41) is 19.9. The quantitative estimate of drug-likeness (QED) is 0.368. The van der Waals surface area contributed by atoms with Crippen molar-refractivity contribution < 1.29 is 24.1 Å². The van der Waals surface area contributed by atoms with Crippen LogP contribution in [0.15, 0.2) is 46.7 Å². The number of methoxy groups -OCH3 is 1. The van der Waals surface area contributed by atoms with Crippen molar-refractivity contribution in [2.24, 2.45) is 0 Å². The maximum Gasteiger partial charge on any atom is 0.341 e. The summed E-state index contributed by atoms with van der Waals surface area (Å²) in [6.45, 7) is 0. The number of esters is 1. The van der Waals surface area contributed by atoms with E-state index in [0.29, 0.717) is 21.2 Å². The van der Waals surface area contributed by atoms with Crippen LogP contribution in [-0.2, 0) is 4.74 Å². The van der Waals surface area contributed by atoms with E-state index >= 15 is 0 Å². The number of halogens is 2. The number of anilines is 1. The first-order valence-electron chi connectivity index (χ1n) is 7.51. The lowest BCUT2D eigenvalue weighted by atomic mass is 10.1. The smallest absolute Gasteiger partial charge is 0.341 e. The molecule has 1 heterocycles. The number of ether oxygens (including phenoxy) is 1. The molecular formula is C18H13ClFNO4S2. The third-order valence-corrected chi connectivity index (χ3v) is 5.90. The van der Waals surface area contributed by atoms with Crippen LogP contribution in [0.4, 0.5) is 10.1 Å². The van der Waals surface area contributed by atoms with E-state index in [1.807, 2.05) is 0 Å². The number of carbonyl (C=O) groups excluding carboxylic acids is 1. The van der Waals surface area contributed by atoms with Gasteiger partial charge in [-0.2, -0.15) is 0 Å². The van der Waals surface area contributed by atoms with Gasteiger partial charge in [0, 0.05) is 22.9 Å². The predicted octanol–water partition coefficient (Wildman–Crippen LogP) is 5.52. The van der Waals surface area contributed by atoms with Crippen molar-refractivity contribution in [3.8, 4) is 22.6 Å². The Labute approximate surface area is 167 Å². The van der Waals surface area contributed by atoms with Crippen molar-refractivity contribution in [1.82, 2.24) is 0 Å². The maximum absolute atomic E-state index is 13.5. The lowest BCUT2D eigenvalue weighted by Gasteiger charge is -2.07. The monoisotopic (exact) mass is 425 g/mol. The van der Waals surface area contributed by atoms with Crippen molar-refractivity contribution in [2.75, 3.05) is 11.8 Å². The number of phenols is 2. The Morgan fingerprint density at radius 3 is 2.63 bits per heavy atom. The second-order valence-electron chi connectivity index (χ2n) is 5.34. The van der Waals surface area contributed by atoms with Gasteiger partial charge in [-0.15, -0.1) is 11.3 Å². The van der Waals surface area contributed by atoms with Crippen molar-refractivity contribution in [3.05, 3.63) is 58.2 Å². The molecule has 0 amide bonds. The molecule has 0 spiro atoms. The van der Waals surface area contributed by atoms with Crippen LogP contribution in [0.1, 0.15) is 10.4 Å². The molecule has 5 nitrogen and oxygen atoms in total. The van der Waals surface area contributed by atoms with Crippen LogP contribution >= 0.6 is 34.9 Å². The maximum atomic E-state index is 13.5. The number of hydrogen-bond acceptors (Lipinski definition) is 7. The first kappa shape index (κ1) is 19.3. The van der Waals surface area contributed by atoms with Crippen LogP contribution in [0.25, 0.3) is 11.1 Å². The van der Waals surface area contributed by atoms with E-state index in [9.17, 15) is 19.4 Å². The summed E-state index contributed by atoms with van der Waals surface area (Å²) in [5.41, 5.74) is 1.45. The number of rotatable bonds is 5. The number of phenolic OH excluding ortho intramolecular Hbond substituents is 2. The molecule has 9 heteroatoms. The molecule has 0 aliphatic rings. The molecule has 140 valence electrons. The van der Waals surface area contributed by atoms with Gasteiger partial charge in [-0.3, -0.25) is 0 Å². The second-order valence-corrected chi connectivity index (χ2v) is 8.10. The van der Waals surface area contributed by atoms with Crippen molar-refractivity contribution in [2.45, 2.75) is 4.21 Å². The summed E-state index contributed by atoms with van der Waals surface area (Å²) in [6, 6.07) is 9.84. The minimum atomic E-state index is -0.628. The van der Waals surface area contributed by atoms with E-state index in [0.717, 1.165) is 4.21 Å². The van der Waals surface area contributed by atoms with Gasteiger partial charge in [-0.1, -0.05) is 11.6 Å². The molecule has 0 aliphatic carbocycles. The molecule has 0 bridgehead atoms. The van der Waals surface area contributed by atoms with Gasteiger partial charge in [0.05, 0.1) is 11.3 Å². The molecule has 3 N–H and O–H groups in total. The van der Waals surface area contributed by atoms with Gasteiger partial charge in [0.1, 0.15) is 27.2 Å². The Kier molecular flexibility index (Phi) is 5.79. The third kappa shape index (κ3) is 4.29. The largest absolute Gasteiger partial charge is 0.507 e. The number of nitrogens with one attached hydrogen (secondary N) is 1. The molecule has 0 unspecified atom stereocenters. The molecular weight excluding hydrogens is 413 g/mol. The molecule has 1 aromatic heterocycles. The van der Waals surface area contributed by atoms with E-state index in [4.69, 9.17) is 11.6 Å². The van der Waals surface area contributed by atoms with Gasteiger partial charge in [-0.25, -0.2) is 9.18 Å². The number of aromatic hydroxyl groups is 2. The highest BCUT2D eigenvalue weighted by atomic mass is 35.5. The first-order chi connectivity index (χ1) is 12.9. The molecule has 2 aromatic carbocycles. The Bertz CT molecular complexity index is 1010. The summed E-state index contributed by atoms with van der Waals surface area (Å²) < 4.78 is 22.2. The predicted molar refractivity (Wildman–Crippen MR) is 105 cm³/mol. The summed E-state index contributed by atoms with van der Waals surface area (Å²) in [6.07, 6.45) is 0. The number of carbonyl (C=O) groups is 1. The fourth-order valence-electron chi connectivity index (χ4n) is 2.29. The molecule has 3 aromatic rings. The van der Waals surface area contributed by atoms with Crippen LogP contribution in [0, 0.1) is 5.82 Å². The summed E-state index contributed by atoms with van der Waals surface area (Å²) in [7, 11) is 1.23. The molecule has 27 heavy (non-hydrogen) atoms. The molecule has 3 rings (SSSR count). The van der Waals surface area contributed by atoms with Gasteiger partial charge in [0.15, 0.2) is 0 Å². The number of thiophene rings is 1. The molecule has 0 radical (unpaired) electrons. The van der Waals surface area contributed by atoms with E-state index in [1.54, 1.807) is 12.1 Å². The zero-order valence-electron chi connectivity index (χ0n) is 13.8. The van der Waals surface area contributed by atoms with E-state index in [2.05, 4.69) is 9.46 Å². The lowest BCUT2D eigenvalue weighted by molar-refractivity contribution is 0.0597. The number of hydrogen-bond donors (Lipinski definition) is 3. The molecule has 0 saturated carbocycles. The fraction of sp³-hybridized carbons (Fsp3) is 0.0556. The Balaban J connectivity index is 1.77. The van der Waals surface area contributed by atoms with Gasteiger partial charge in [-0.05, 0) is 48.3 Å². The van der Waals surface area contributed by atoms with Crippen LogP contribution in [0.5, 0.6) is 11.5 Å². The standard InChI is InChI=1S/C18H13ClFNO4S2/c1-25-18(24)11-4-3-10(7-15(11)23)21-27-16-8-13(17(19)26-16)12-6-9(20)2-5-14(12)22/h2-8,21-23H,1H3.